The topological polar surface area (TPSA) is 64.3 Å². The molecule has 2 heterocycles. The summed E-state index contributed by atoms with van der Waals surface area (Å²) >= 11 is 5.31. The molecule has 1 N–H and O–H groups in total. The van der Waals surface area contributed by atoms with Gasteiger partial charge < -0.3 is 4.57 Å². The van der Waals surface area contributed by atoms with Crippen molar-refractivity contribution in [1.29, 1.82) is 0 Å². The van der Waals surface area contributed by atoms with Gasteiger partial charge in [0, 0.05) is 12.1 Å². The standard InChI is InChI=1S/C13H14N6S/c1-2-18-9-14-15-11(18)8-19-12(16-17-13(19)20)10-6-4-3-5-7-10/h3-7,9H,2,8H2,1H3,(H,17,20). The molecule has 102 valence electrons. The summed E-state index contributed by atoms with van der Waals surface area (Å²) in [5.74, 6) is 1.67. The average molecular weight is 286 g/mol. The first-order chi connectivity index (χ1) is 9.79. The number of aromatic amines is 1. The van der Waals surface area contributed by atoms with Crippen molar-refractivity contribution in [2.75, 3.05) is 0 Å². The second-order valence-electron chi connectivity index (χ2n) is 4.34. The van der Waals surface area contributed by atoms with Gasteiger partial charge in [-0.05, 0) is 19.1 Å². The minimum atomic E-state index is 0.549. The molecule has 3 rings (SSSR count). The fourth-order valence-electron chi connectivity index (χ4n) is 2.08. The Labute approximate surface area is 121 Å². The van der Waals surface area contributed by atoms with Crippen molar-refractivity contribution in [2.45, 2.75) is 20.0 Å². The summed E-state index contributed by atoms with van der Waals surface area (Å²) in [5, 5.41) is 15.2. The smallest absolute Gasteiger partial charge is 0.195 e. The first-order valence-corrected chi connectivity index (χ1v) is 6.77. The van der Waals surface area contributed by atoms with Gasteiger partial charge in [-0.25, -0.2) is 0 Å². The molecule has 7 heteroatoms. The number of rotatable bonds is 4. The molecule has 20 heavy (non-hydrogen) atoms. The number of hydrogen-bond acceptors (Lipinski definition) is 4. The Morgan fingerprint density at radius 3 is 2.80 bits per heavy atom. The number of aryl methyl sites for hydroxylation is 1. The highest BCUT2D eigenvalue weighted by Gasteiger charge is 2.11. The van der Waals surface area contributed by atoms with E-state index in [2.05, 4.69) is 27.3 Å². The lowest BCUT2D eigenvalue weighted by molar-refractivity contribution is 0.649. The van der Waals surface area contributed by atoms with E-state index in [4.69, 9.17) is 12.2 Å². The Bertz CT molecular complexity index is 755. The quantitative estimate of drug-likeness (QED) is 0.747. The number of aromatic nitrogens is 6. The van der Waals surface area contributed by atoms with Crippen LogP contribution in [-0.2, 0) is 13.1 Å². The summed E-state index contributed by atoms with van der Waals surface area (Å²) < 4.78 is 4.50. The molecule has 0 unspecified atom stereocenters. The highest BCUT2D eigenvalue weighted by Crippen LogP contribution is 2.17. The van der Waals surface area contributed by atoms with Gasteiger partial charge in [-0.1, -0.05) is 30.3 Å². The number of nitrogens with zero attached hydrogens (tertiary/aromatic N) is 5. The number of H-pyrrole nitrogens is 1. The molecule has 0 radical (unpaired) electrons. The highest BCUT2D eigenvalue weighted by atomic mass is 32.1. The lowest BCUT2D eigenvalue weighted by Gasteiger charge is -2.07. The molecule has 0 aliphatic carbocycles. The van der Waals surface area contributed by atoms with Crippen molar-refractivity contribution in [3.63, 3.8) is 0 Å². The summed E-state index contributed by atoms with van der Waals surface area (Å²) in [4.78, 5) is 0. The van der Waals surface area contributed by atoms with Gasteiger partial charge in [0.25, 0.3) is 0 Å². The summed E-state index contributed by atoms with van der Waals surface area (Å²) in [7, 11) is 0. The Kier molecular flexibility index (Phi) is 3.42. The number of nitrogens with one attached hydrogen (secondary N) is 1. The molecule has 0 aliphatic rings. The third kappa shape index (κ3) is 2.27. The SMILES string of the molecule is CCn1cnnc1Cn1c(-c2ccccc2)n[nH]c1=S. The van der Waals surface area contributed by atoms with Gasteiger partial charge >= 0.3 is 0 Å². The Hall–Kier alpha value is -2.28. The van der Waals surface area contributed by atoms with Gasteiger partial charge in [-0.3, -0.25) is 9.67 Å². The predicted molar refractivity (Wildman–Crippen MR) is 77.6 cm³/mol. The van der Waals surface area contributed by atoms with E-state index in [1.165, 1.54) is 0 Å². The van der Waals surface area contributed by atoms with Crippen LogP contribution in [0.4, 0.5) is 0 Å². The third-order valence-electron chi connectivity index (χ3n) is 3.13. The van der Waals surface area contributed by atoms with Crippen LogP contribution in [-0.4, -0.2) is 29.5 Å². The fourth-order valence-corrected chi connectivity index (χ4v) is 2.28. The second-order valence-corrected chi connectivity index (χ2v) is 4.72. The van der Waals surface area contributed by atoms with Gasteiger partial charge in [0.1, 0.15) is 6.33 Å². The van der Waals surface area contributed by atoms with Crippen molar-refractivity contribution < 1.29 is 0 Å². The average Bonchev–Trinajstić information content (AvgIpc) is 3.08. The highest BCUT2D eigenvalue weighted by molar-refractivity contribution is 7.71. The largest absolute Gasteiger partial charge is 0.316 e. The van der Waals surface area contributed by atoms with Gasteiger partial charge in [0.2, 0.25) is 0 Å². The number of hydrogen-bond donors (Lipinski definition) is 1. The molecule has 1 aromatic carbocycles. The van der Waals surface area contributed by atoms with Crippen LogP contribution in [0.3, 0.4) is 0 Å². The molecule has 0 aliphatic heterocycles. The Balaban J connectivity index is 2.02. The molecule has 0 spiro atoms. The maximum atomic E-state index is 5.31. The summed E-state index contributed by atoms with van der Waals surface area (Å²) in [6.07, 6.45) is 1.72. The van der Waals surface area contributed by atoms with Crippen molar-refractivity contribution in [2.24, 2.45) is 0 Å². The van der Waals surface area contributed by atoms with E-state index in [1.54, 1.807) is 6.33 Å². The maximum Gasteiger partial charge on any atom is 0.195 e. The van der Waals surface area contributed by atoms with E-state index in [0.29, 0.717) is 11.3 Å². The second kappa shape index (κ2) is 5.38. The van der Waals surface area contributed by atoms with E-state index in [0.717, 1.165) is 23.8 Å². The lowest BCUT2D eigenvalue weighted by atomic mass is 10.2. The minimum Gasteiger partial charge on any atom is -0.316 e. The monoisotopic (exact) mass is 286 g/mol. The molecule has 0 saturated heterocycles. The normalized spacial score (nSPS) is 10.8. The zero-order valence-electron chi connectivity index (χ0n) is 11.0. The van der Waals surface area contributed by atoms with Crippen molar-refractivity contribution >= 4 is 12.2 Å². The van der Waals surface area contributed by atoms with Crippen LogP contribution >= 0.6 is 12.2 Å². The van der Waals surface area contributed by atoms with Crippen LogP contribution in [0.5, 0.6) is 0 Å². The van der Waals surface area contributed by atoms with Gasteiger partial charge in [0.05, 0.1) is 6.54 Å². The van der Waals surface area contributed by atoms with Crippen LogP contribution in [0.25, 0.3) is 11.4 Å². The Morgan fingerprint density at radius 1 is 1.25 bits per heavy atom. The molecule has 3 aromatic rings. The molecule has 6 nitrogen and oxygen atoms in total. The van der Waals surface area contributed by atoms with Crippen LogP contribution in [0.1, 0.15) is 12.7 Å². The van der Waals surface area contributed by atoms with Crippen molar-refractivity contribution in [3.05, 3.63) is 47.3 Å². The molecular formula is C13H14N6S. The van der Waals surface area contributed by atoms with Gasteiger partial charge in [0.15, 0.2) is 16.4 Å². The fraction of sp³-hybridized carbons (Fsp3) is 0.231. The first-order valence-electron chi connectivity index (χ1n) is 6.37. The van der Waals surface area contributed by atoms with Crippen LogP contribution in [0.2, 0.25) is 0 Å². The van der Waals surface area contributed by atoms with Gasteiger partial charge in [-0.15, -0.1) is 10.2 Å². The van der Waals surface area contributed by atoms with E-state index >= 15 is 0 Å². The summed E-state index contributed by atoms with van der Waals surface area (Å²) in [6.45, 7) is 3.43. The van der Waals surface area contributed by atoms with Crippen LogP contribution < -0.4 is 0 Å². The third-order valence-corrected chi connectivity index (χ3v) is 3.44. The number of benzene rings is 1. The van der Waals surface area contributed by atoms with E-state index in [9.17, 15) is 0 Å². The van der Waals surface area contributed by atoms with E-state index in [1.807, 2.05) is 39.5 Å². The van der Waals surface area contributed by atoms with E-state index < -0.39 is 0 Å². The zero-order valence-corrected chi connectivity index (χ0v) is 11.8. The first kappa shape index (κ1) is 12.7. The molecule has 0 amide bonds. The van der Waals surface area contributed by atoms with Crippen molar-refractivity contribution in [1.82, 2.24) is 29.5 Å². The molecule has 0 atom stereocenters. The predicted octanol–water partition coefficient (Wildman–Crippen LogP) is 2.27. The molecular weight excluding hydrogens is 272 g/mol. The zero-order chi connectivity index (χ0) is 13.9. The maximum absolute atomic E-state index is 5.31. The summed E-state index contributed by atoms with van der Waals surface area (Å²) in [6, 6.07) is 9.94. The van der Waals surface area contributed by atoms with Crippen LogP contribution in [0.15, 0.2) is 36.7 Å². The van der Waals surface area contributed by atoms with Gasteiger partial charge in [-0.2, -0.15) is 5.10 Å². The molecule has 0 bridgehead atoms. The molecule has 0 saturated carbocycles. The summed E-state index contributed by atoms with van der Waals surface area (Å²) in [5.41, 5.74) is 1.02. The van der Waals surface area contributed by atoms with Crippen molar-refractivity contribution in [3.8, 4) is 11.4 Å². The van der Waals surface area contributed by atoms with E-state index in [-0.39, 0.29) is 0 Å². The molecule has 0 fully saturated rings. The minimum absolute atomic E-state index is 0.549. The lowest BCUT2D eigenvalue weighted by Crippen LogP contribution is -2.09. The Morgan fingerprint density at radius 2 is 2.05 bits per heavy atom. The molecule has 2 aromatic heterocycles. The van der Waals surface area contributed by atoms with Crippen LogP contribution in [0, 0.1) is 4.77 Å².